The van der Waals surface area contributed by atoms with Crippen molar-refractivity contribution >= 4 is 29.0 Å². The van der Waals surface area contributed by atoms with Crippen LogP contribution in [0.4, 0.5) is 16.0 Å². The molecular weight excluding hydrogens is 545 g/mol. The Labute approximate surface area is 250 Å². The Bertz CT molecular complexity index is 1730. The Balaban J connectivity index is 1.29. The van der Waals surface area contributed by atoms with E-state index in [1.54, 1.807) is 33.7 Å². The fraction of sp³-hybridized carbons (Fsp3) is 0.235. The van der Waals surface area contributed by atoms with Gasteiger partial charge in [-0.15, -0.1) is 5.10 Å². The number of Topliss-reactive ketones (excluding diaryl/α,β-unsaturated/α-hetero) is 1. The first-order valence-corrected chi connectivity index (χ1v) is 14.4. The molecule has 8 nitrogen and oxygen atoms in total. The van der Waals surface area contributed by atoms with E-state index in [2.05, 4.69) is 15.4 Å². The topological polar surface area (TPSA) is 88.8 Å². The molecule has 5 rings (SSSR count). The van der Waals surface area contributed by atoms with Crippen LogP contribution < -0.4 is 10.1 Å². The van der Waals surface area contributed by atoms with Gasteiger partial charge in [0.15, 0.2) is 5.65 Å². The van der Waals surface area contributed by atoms with E-state index in [0.29, 0.717) is 54.7 Å². The zero-order valence-corrected chi connectivity index (χ0v) is 24.5. The van der Waals surface area contributed by atoms with Crippen LogP contribution in [0.15, 0.2) is 85.1 Å². The summed E-state index contributed by atoms with van der Waals surface area (Å²) >= 11 is 0. The summed E-state index contributed by atoms with van der Waals surface area (Å²) in [5.74, 6) is 0.669. The molecule has 0 saturated carbocycles. The van der Waals surface area contributed by atoms with E-state index in [1.165, 1.54) is 12.1 Å². The van der Waals surface area contributed by atoms with Gasteiger partial charge in [-0.1, -0.05) is 36.4 Å². The number of amides is 1. The summed E-state index contributed by atoms with van der Waals surface area (Å²) in [4.78, 5) is 31.7. The van der Waals surface area contributed by atoms with E-state index in [4.69, 9.17) is 4.74 Å². The van der Waals surface area contributed by atoms with Gasteiger partial charge < -0.3 is 15.0 Å². The molecule has 9 heteroatoms. The van der Waals surface area contributed by atoms with Crippen LogP contribution in [-0.4, -0.2) is 50.9 Å². The lowest BCUT2D eigenvalue weighted by atomic mass is 10.0. The molecule has 2 heterocycles. The van der Waals surface area contributed by atoms with Gasteiger partial charge in [-0.3, -0.25) is 9.59 Å². The Morgan fingerprint density at radius 1 is 0.860 bits per heavy atom. The van der Waals surface area contributed by atoms with Crippen LogP contribution in [0.1, 0.15) is 42.3 Å². The number of ether oxygens (including phenoxy) is 1. The predicted octanol–water partition coefficient (Wildman–Crippen LogP) is 6.51. The van der Waals surface area contributed by atoms with Crippen molar-refractivity contribution in [3.8, 4) is 16.9 Å². The van der Waals surface area contributed by atoms with Crippen LogP contribution in [0.3, 0.4) is 0 Å². The first-order chi connectivity index (χ1) is 20.9. The van der Waals surface area contributed by atoms with Crippen molar-refractivity contribution in [3.63, 3.8) is 0 Å². The summed E-state index contributed by atoms with van der Waals surface area (Å²) in [6, 6.07) is 23.1. The molecule has 220 valence electrons. The van der Waals surface area contributed by atoms with Crippen molar-refractivity contribution in [2.24, 2.45) is 0 Å². The molecule has 0 radical (unpaired) electrons. The number of fused-ring (bicyclic) bond motifs is 1. The maximum absolute atomic E-state index is 13.1. The number of pyridine rings is 1. The van der Waals surface area contributed by atoms with Crippen LogP contribution in [0, 0.1) is 5.82 Å². The van der Waals surface area contributed by atoms with Crippen molar-refractivity contribution in [1.29, 1.82) is 0 Å². The molecule has 0 aliphatic heterocycles. The zero-order chi connectivity index (χ0) is 30.3. The second-order valence-corrected chi connectivity index (χ2v) is 10.1. The molecule has 0 bridgehead atoms. The number of hydrogen-bond acceptors (Lipinski definition) is 6. The van der Waals surface area contributed by atoms with Crippen molar-refractivity contribution in [2.75, 3.05) is 25.0 Å². The Kier molecular flexibility index (Phi) is 9.10. The van der Waals surface area contributed by atoms with Gasteiger partial charge >= 0.3 is 0 Å². The molecule has 3 aromatic carbocycles. The third-order valence-corrected chi connectivity index (χ3v) is 7.16. The molecule has 0 saturated heterocycles. The summed E-state index contributed by atoms with van der Waals surface area (Å²) in [6.45, 7) is 7.52. The van der Waals surface area contributed by atoms with Crippen molar-refractivity contribution in [2.45, 2.75) is 33.6 Å². The van der Waals surface area contributed by atoms with Gasteiger partial charge in [-0.05, 0) is 79.9 Å². The van der Waals surface area contributed by atoms with E-state index >= 15 is 0 Å². The van der Waals surface area contributed by atoms with E-state index in [0.717, 1.165) is 22.3 Å². The minimum Gasteiger partial charge on any atom is -0.492 e. The summed E-state index contributed by atoms with van der Waals surface area (Å²) in [7, 11) is 0. The van der Waals surface area contributed by atoms with Crippen LogP contribution >= 0.6 is 0 Å². The number of nitrogens with one attached hydrogen (secondary N) is 1. The smallest absolute Gasteiger partial charge is 0.253 e. The van der Waals surface area contributed by atoms with Crippen LogP contribution in [0.25, 0.3) is 16.8 Å². The Morgan fingerprint density at radius 2 is 1.51 bits per heavy atom. The van der Waals surface area contributed by atoms with Crippen molar-refractivity contribution < 1.29 is 18.7 Å². The van der Waals surface area contributed by atoms with E-state index < -0.39 is 0 Å². The number of halogens is 1. The Morgan fingerprint density at radius 3 is 2.16 bits per heavy atom. The highest BCUT2D eigenvalue weighted by Crippen LogP contribution is 2.29. The van der Waals surface area contributed by atoms with Crippen LogP contribution in [0.2, 0.25) is 0 Å². The maximum Gasteiger partial charge on any atom is 0.253 e. The van der Waals surface area contributed by atoms with Gasteiger partial charge in [-0.2, -0.15) is 4.98 Å². The third kappa shape index (κ3) is 7.06. The average Bonchev–Trinajstić information content (AvgIpc) is 3.42. The molecule has 0 spiro atoms. The van der Waals surface area contributed by atoms with Crippen LogP contribution in [0.5, 0.6) is 5.75 Å². The maximum atomic E-state index is 13.1. The van der Waals surface area contributed by atoms with Gasteiger partial charge in [0.2, 0.25) is 5.95 Å². The number of hydrogen-bond donors (Lipinski definition) is 1. The van der Waals surface area contributed by atoms with Crippen molar-refractivity contribution in [1.82, 2.24) is 19.5 Å². The molecule has 0 atom stereocenters. The first kappa shape index (κ1) is 29.4. The lowest BCUT2D eigenvalue weighted by Gasteiger charge is -2.19. The van der Waals surface area contributed by atoms with Gasteiger partial charge in [0.1, 0.15) is 17.3 Å². The summed E-state index contributed by atoms with van der Waals surface area (Å²) in [5.41, 5.74) is 5.54. The lowest BCUT2D eigenvalue weighted by molar-refractivity contribution is -0.117. The SMILES string of the molecule is CCOc1cc(C(=O)N(CC)CC)ccc1Nc1nc2ccc(-c3ccc(CC(=O)Cc4ccc(F)cc4)cc3)cn2n1. The fourth-order valence-electron chi connectivity index (χ4n) is 4.89. The highest BCUT2D eigenvalue weighted by atomic mass is 19.1. The molecular formula is C34H34FN5O3. The standard InChI is InChI=1S/C34H34FN5O3/c1-4-39(5-2)33(42)26-13-17-30(31(21-26)43-6-3)36-34-37-32-18-14-27(22-40(32)38-34)25-11-7-23(8-12-25)19-29(41)20-24-9-15-28(35)16-10-24/h7-18,21-22H,4-6,19-20H2,1-3H3,(H,36,38). The number of nitrogens with zero attached hydrogens (tertiary/aromatic N) is 4. The summed E-state index contributed by atoms with van der Waals surface area (Å²) in [6.07, 6.45) is 2.48. The highest BCUT2D eigenvalue weighted by molar-refractivity contribution is 5.95. The molecule has 2 aromatic heterocycles. The summed E-state index contributed by atoms with van der Waals surface area (Å²) in [5, 5.41) is 7.84. The number of ketones is 1. The number of benzene rings is 3. The summed E-state index contributed by atoms with van der Waals surface area (Å²) < 4.78 is 20.7. The van der Waals surface area contributed by atoms with E-state index in [9.17, 15) is 14.0 Å². The Hall–Kier alpha value is -5.05. The van der Waals surface area contributed by atoms with Gasteiger partial charge in [0, 0.05) is 43.3 Å². The quantitative estimate of drug-likeness (QED) is 0.181. The van der Waals surface area contributed by atoms with Gasteiger partial charge in [-0.25, -0.2) is 8.91 Å². The molecule has 0 fully saturated rings. The van der Waals surface area contributed by atoms with Gasteiger partial charge in [0.25, 0.3) is 5.91 Å². The molecule has 43 heavy (non-hydrogen) atoms. The molecule has 0 aliphatic rings. The molecule has 5 aromatic rings. The lowest BCUT2D eigenvalue weighted by Crippen LogP contribution is -2.30. The normalized spacial score (nSPS) is 11.0. The number of aromatic nitrogens is 3. The number of rotatable bonds is 12. The fourth-order valence-corrected chi connectivity index (χ4v) is 4.89. The second kappa shape index (κ2) is 13.3. The van der Waals surface area contributed by atoms with Crippen LogP contribution in [-0.2, 0) is 17.6 Å². The second-order valence-electron chi connectivity index (χ2n) is 10.1. The molecule has 1 N–H and O–H groups in total. The largest absolute Gasteiger partial charge is 0.492 e. The highest BCUT2D eigenvalue weighted by Gasteiger charge is 2.16. The zero-order valence-electron chi connectivity index (χ0n) is 24.5. The van der Waals surface area contributed by atoms with E-state index in [1.807, 2.05) is 69.4 Å². The number of carbonyl (C=O) groups is 2. The first-order valence-electron chi connectivity index (χ1n) is 14.4. The average molecular weight is 580 g/mol. The minimum absolute atomic E-state index is 0.0412. The molecule has 1 amide bonds. The van der Waals surface area contributed by atoms with E-state index in [-0.39, 0.29) is 23.9 Å². The third-order valence-electron chi connectivity index (χ3n) is 7.16. The minimum atomic E-state index is -0.311. The monoisotopic (exact) mass is 579 g/mol. The molecule has 0 aliphatic carbocycles. The molecule has 0 unspecified atom stereocenters. The number of carbonyl (C=O) groups excluding carboxylic acids is 2. The van der Waals surface area contributed by atoms with Gasteiger partial charge in [0.05, 0.1) is 12.3 Å². The van der Waals surface area contributed by atoms with Crippen molar-refractivity contribution in [3.05, 3.63) is 108 Å². The predicted molar refractivity (Wildman–Crippen MR) is 165 cm³/mol. The number of anilines is 2.